The van der Waals surface area contributed by atoms with Gasteiger partial charge in [-0.05, 0) is 48.0 Å². The van der Waals surface area contributed by atoms with Gasteiger partial charge in [-0.25, -0.2) is 0 Å². The van der Waals surface area contributed by atoms with Crippen molar-refractivity contribution >= 4 is 39.4 Å². The van der Waals surface area contributed by atoms with Gasteiger partial charge in [0.2, 0.25) is 0 Å². The molecule has 0 spiro atoms. The Morgan fingerprint density at radius 3 is 2.31 bits per heavy atom. The molecule has 0 aliphatic carbocycles. The van der Waals surface area contributed by atoms with E-state index in [1.54, 1.807) is 0 Å². The Bertz CT molecular complexity index is 1250. The number of thiophene rings is 1. The summed E-state index contributed by atoms with van der Waals surface area (Å²) in [6.45, 7) is 0. The van der Waals surface area contributed by atoms with E-state index in [9.17, 15) is 4.79 Å². The number of aromatic nitrogens is 1. The SMILES string of the molecule is O=Cc1ccc(-c2ccc3c(c2)c2ccccc2n3-c2ccccc2)s1. The summed E-state index contributed by atoms with van der Waals surface area (Å²) in [7, 11) is 0. The van der Waals surface area contributed by atoms with Crippen molar-refractivity contribution in [2.75, 3.05) is 0 Å². The highest BCUT2D eigenvalue weighted by Gasteiger charge is 2.13. The predicted molar refractivity (Wildman–Crippen MR) is 109 cm³/mol. The second-order valence-electron chi connectivity index (χ2n) is 6.24. The average molecular weight is 353 g/mol. The van der Waals surface area contributed by atoms with Crippen LogP contribution in [0.15, 0.2) is 84.9 Å². The molecule has 0 amide bonds. The maximum atomic E-state index is 11.0. The summed E-state index contributed by atoms with van der Waals surface area (Å²) in [6.07, 6.45) is 0.911. The molecule has 26 heavy (non-hydrogen) atoms. The third-order valence-corrected chi connectivity index (χ3v) is 5.77. The van der Waals surface area contributed by atoms with Gasteiger partial charge >= 0.3 is 0 Å². The Morgan fingerprint density at radius 2 is 1.50 bits per heavy atom. The van der Waals surface area contributed by atoms with Crippen LogP contribution in [-0.2, 0) is 0 Å². The molecule has 2 aromatic heterocycles. The third kappa shape index (κ3) is 2.29. The molecule has 0 radical (unpaired) electrons. The zero-order valence-corrected chi connectivity index (χ0v) is 14.7. The van der Waals surface area contributed by atoms with Gasteiger partial charge in [0.15, 0.2) is 6.29 Å². The molecular formula is C23H15NOS. The molecule has 2 heterocycles. The summed E-state index contributed by atoms with van der Waals surface area (Å²) >= 11 is 1.53. The van der Waals surface area contributed by atoms with Gasteiger partial charge in [0.05, 0.1) is 15.9 Å². The van der Waals surface area contributed by atoms with Gasteiger partial charge in [-0.1, -0.05) is 42.5 Å². The minimum atomic E-state index is 0.756. The predicted octanol–water partition coefficient (Wildman–Crippen LogP) is 6.32. The van der Waals surface area contributed by atoms with Gasteiger partial charge in [0.25, 0.3) is 0 Å². The largest absolute Gasteiger partial charge is 0.309 e. The zero-order chi connectivity index (χ0) is 17.5. The van der Waals surface area contributed by atoms with Crippen LogP contribution >= 0.6 is 11.3 Å². The summed E-state index contributed by atoms with van der Waals surface area (Å²) < 4.78 is 2.31. The second-order valence-corrected chi connectivity index (χ2v) is 7.36. The molecule has 2 nitrogen and oxygen atoms in total. The van der Waals surface area contributed by atoms with Crippen LogP contribution in [0, 0.1) is 0 Å². The molecule has 0 aliphatic heterocycles. The summed E-state index contributed by atoms with van der Waals surface area (Å²) in [4.78, 5) is 12.9. The first-order valence-electron chi connectivity index (χ1n) is 8.49. The Hall–Kier alpha value is -3.17. The minimum Gasteiger partial charge on any atom is -0.309 e. The number of aldehydes is 1. The molecule has 0 fully saturated rings. The number of para-hydroxylation sites is 2. The Morgan fingerprint density at radius 1 is 0.731 bits per heavy atom. The molecule has 0 atom stereocenters. The molecular weight excluding hydrogens is 338 g/mol. The number of rotatable bonds is 3. The van der Waals surface area contributed by atoms with Crippen LogP contribution in [0.3, 0.4) is 0 Å². The summed E-state index contributed by atoms with van der Waals surface area (Å²) in [5.41, 5.74) is 4.69. The van der Waals surface area contributed by atoms with Gasteiger partial charge in [-0.2, -0.15) is 0 Å². The molecule has 0 saturated carbocycles. The maximum Gasteiger partial charge on any atom is 0.160 e. The van der Waals surface area contributed by atoms with Crippen molar-refractivity contribution < 1.29 is 4.79 Å². The lowest BCUT2D eigenvalue weighted by atomic mass is 10.1. The highest BCUT2D eigenvalue weighted by Crippen LogP contribution is 2.36. The molecule has 0 N–H and O–H groups in total. The van der Waals surface area contributed by atoms with E-state index in [0.717, 1.165) is 27.3 Å². The van der Waals surface area contributed by atoms with Crippen molar-refractivity contribution in [1.82, 2.24) is 4.57 Å². The van der Waals surface area contributed by atoms with Crippen molar-refractivity contribution in [3.63, 3.8) is 0 Å². The van der Waals surface area contributed by atoms with E-state index in [2.05, 4.69) is 71.3 Å². The number of benzene rings is 3. The molecule has 0 unspecified atom stereocenters. The lowest BCUT2D eigenvalue weighted by molar-refractivity contribution is 0.112. The van der Waals surface area contributed by atoms with E-state index in [-0.39, 0.29) is 0 Å². The molecule has 3 heteroatoms. The van der Waals surface area contributed by atoms with Crippen molar-refractivity contribution in [3.05, 3.63) is 89.8 Å². The van der Waals surface area contributed by atoms with E-state index in [4.69, 9.17) is 0 Å². The summed E-state index contributed by atoms with van der Waals surface area (Å²) in [5.74, 6) is 0. The average Bonchev–Trinajstić information content (AvgIpc) is 3.31. The maximum absolute atomic E-state index is 11.0. The Kier molecular flexibility index (Phi) is 3.47. The third-order valence-electron chi connectivity index (χ3n) is 4.71. The molecule has 5 rings (SSSR count). The van der Waals surface area contributed by atoms with Gasteiger partial charge in [-0.15, -0.1) is 11.3 Å². The number of carbonyl (C=O) groups excluding carboxylic acids is 1. The Balaban J connectivity index is 1.82. The minimum absolute atomic E-state index is 0.756. The molecule has 5 aromatic rings. The van der Waals surface area contributed by atoms with E-state index in [1.807, 2.05) is 18.2 Å². The first-order valence-corrected chi connectivity index (χ1v) is 9.31. The van der Waals surface area contributed by atoms with Crippen molar-refractivity contribution in [2.45, 2.75) is 0 Å². The summed E-state index contributed by atoms with van der Waals surface area (Å²) in [5, 5.41) is 2.46. The first kappa shape index (κ1) is 15.1. The Labute approximate surface area is 154 Å². The number of nitrogens with zero attached hydrogens (tertiary/aromatic N) is 1. The number of hydrogen-bond acceptors (Lipinski definition) is 2. The quantitative estimate of drug-likeness (QED) is 0.348. The van der Waals surface area contributed by atoms with Gasteiger partial charge in [-0.3, -0.25) is 4.79 Å². The molecule has 3 aromatic carbocycles. The second kappa shape index (κ2) is 5.97. The van der Waals surface area contributed by atoms with Crippen LogP contribution in [0.5, 0.6) is 0 Å². The van der Waals surface area contributed by atoms with Gasteiger partial charge in [0.1, 0.15) is 0 Å². The van der Waals surface area contributed by atoms with Gasteiger partial charge in [0, 0.05) is 21.3 Å². The fourth-order valence-electron chi connectivity index (χ4n) is 3.55. The van der Waals surface area contributed by atoms with E-state index in [0.29, 0.717) is 0 Å². The monoisotopic (exact) mass is 353 g/mol. The van der Waals surface area contributed by atoms with Crippen LogP contribution in [0.4, 0.5) is 0 Å². The smallest absolute Gasteiger partial charge is 0.160 e. The van der Waals surface area contributed by atoms with Crippen LogP contribution < -0.4 is 0 Å². The van der Waals surface area contributed by atoms with Crippen molar-refractivity contribution in [1.29, 1.82) is 0 Å². The highest BCUT2D eigenvalue weighted by atomic mass is 32.1. The van der Waals surface area contributed by atoms with E-state index in [1.165, 1.54) is 33.1 Å². The van der Waals surface area contributed by atoms with Crippen LogP contribution in [0.1, 0.15) is 9.67 Å². The molecule has 124 valence electrons. The van der Waals surface area contributed by atoms with Crippen molar-refractivity contribution in [3.8, 4) is 16.1 Å². The lowest BCUT2D eigenvalue weighted by Gasteiger charge is -2.07. The fraction of sp³-hybridized carbons (Fsp3) is 0. The van der Waals surface area contributed by atoms with E-state index >= 15 is 0 Å². The first-order chi connectivity index (χ1) is 12.8. The molecule has 0 aliphatic rings. The summed E-state index contributed by atoms with van der Waals surface area (Å²) in [6, 6.07) is 29.4. The number of fused-ring (bicyclic) bond motifs is 3. The standard InChI is InChI=1S/C23H15NOS/c25-15-18-11-13-23(26-18)16-10-12-22-20(14-16)19-8-4-5-9-21(19)24(22)17-6-2-1-3-7-17/h1-15H. The van der Waals surface area contributed by atoms with Crippen LogP contribution in [-0.4, -0.2) is 10.9 Å². The van der Waals surface area contributed by atoms with Gasteiger partial charge < -0.3 is 4.57 Å². The molecule has 0 bridgehead atoms. The highest BCUT2D eigenvalue weighted by molar-refractivity contribution is 7.17. The topological polar surface area (TPSA) is 22.0 Å². The van der Waals surface area contributed by atoms with Crippen molar-refractivity contribution in [2.24, 2.45) is 0 Å². The zero-order valence-electron chi connectivity index (χ0n) is 13.9. The lowest BCUT2D eigenvalue weighted by Crippen LogP contribution is -1.92. The number of hydrogen-bond donors (Lipinski definition) is 0. The fourth-order valence-corrected chi connectivity index (χ4v) is 4.37. The van der Waals surface area contributed by atoms with Crippen LogP contribution in [0.25, 0.3) is 37.9 Å². The normalized spacial score (nSPS) is 11.2. The van der Waals surface area contributed by atoms with Crippen LogP contribution in [0.2, 0.25) is 0 Å². The van der Waals surface area contributed by atoms with E-state index < -0.39 is 0 Å². The number of carbonyl (C=O) groups is 1. The molecule has 0 saturated heterocycles.